The van der Waals surface area contributed by atoms with E-state index in [4.69, 9.17) is 0 Å². The third kappa shape index (κ3) is 4.48. The summed E-state index contributed by atoms with van der Waals surface area (Å²) in [6.07, 6.45) is 2.15. The lowest BCUT2D eigenvalue weighted by atomic mass is 9.99. The predicted molar refractivity (Wildman–Crippen MR) is 103 cm³/mol. The van der Waals surface area contributed by atoms with Crippen molar-refractivity contribution in [1.82, 2.24) is 14.5 Å². The van der Waals surface area contributed by atoms with Gasteiger partial charge in [0.2, 0.25) is 11.0 Å². The fraction of sp³-hybridized carbons (Fsp3) is 0.562. The second-order valence-corrected chi connectivity index (χ2v) is 10.9. The molecule has 1 N–H and O–H groups in total. The van der Waals surface area contributed by atoms with E-state index in [1.54, 1.807) is 17.5 Å². The summed E-state index contributed by atoms with van der Waals surface area (Å²) in [5.41, 5.74) is 0. The van der Waals surface area contributed by atoms with E-state index in [2.05, 4.69) is 29.4 Å². The van der Waals surface area contributed by atoms with Crippen molar-refractivity contribution < 1.29 is 13.2 Å². The van der Waals surface area contributed by atoms with Crippen molar-refractivity contribution in [3.05, 3.63) is 22.5 Å². The van der Waals surface area contributed by atoms with Gasteiger partial charge in [-0.05, 0) is 30.2 Å². The van der Waals surface area contributed by atoms with Crippen LogP contribution >= 0.6 is 22.7 Å². The number of carbonyl (C=O) groups is 1. The molecule has 1 fully saturated rings. The molecule has 3 rings (SSSR count). The Hall–Kier alpha value is -1.36. The monoisotopic (exact) mass is 414 g/mol. The zero-order valence-electron chi connectivity index (χ0n) is 14.7. The molecule has 2 aromatic heterocycles. The molecule has 0 aromatic carbocycles. The maximum atomic E-state index is 12.7. The smallest absolute Gasteiger partial charge is 0.252 e. The molecular formula is C16H22N4O3S3. The van der Waals surface area contributed by atoms with E-state index < -0.39 is 10.0 Å². The Morgan fingerprint density at radius 3 is 2.92 bits per heavy atom. The summed E-state index contributed by atoms with van der Waals surface area (Å²) in [5.74, 6) is -0.0971. The van der Waals surface area contributed by atoms with Crippen LogP contribution < -0.4 is 5.32 Å². The Labute approximate surface area is 161 Å². The highest BCUT2D eigenvalue weighted by Gasteiger charge is 2.34. The van der Waals surface area contributed by atoms with E-state index in [0.29, 0.717) is 34.6 Å². The van der Waals surface area contributed by atoms with Crippen LogP contribution in [-0.4, -0.2) is 41.9 Å². The number of carbonyl (C=O) groups excluding carboxylic acids is 1. The maximum Gasteiger partial charge on any atom is 0.252 e. The molecule has 0 bridgehead atoms. The van der Waals surface area contributed by atoms with Gasteiger partial charge >= 0.3 is 0 Å². The molecule has 0 aliphatic carbocycles. The van der Waals surface area contributed by atoms with Crippen molar-refractivity contribution in [1.29, 1.82) is 0 Å². The molecule has 10 heteroatoms. The van der Waals surface area contributed by atoms with Crippen LogP contribution in [0.15, 0.2) is 21.7 Å². The predicted octanol–water partition coefficient (Wildman–Crippen LogP) is 2.84. The molecule has 142 valence electrons. The number of nitrogens with zero attached hydrogens (tertiary/aromatic N) is 3. The normalized spacial score (nSPS) is 19.0. The Kier molecular flexibility index (Phi) is 6.06. The van der Waals surface area contributed by atoms with Crippen molar-refractivity contribution >= 4 is 43.7 Å². The van der Waals surface area contributed by atoms with Gasteiger partial charge in [-0.1, -0.05) is 31.3 Å². The first-order valence-corrected chi connectivity index (χ1v) is 11.7. The summed E-state index contributed by atoms with van der Waals surface area (Å²) in [7, 11) is -3.52. The van der Waals surface area contributed by atoms with Gasteiger partial charge in [0, 0.05) is 19.5 Å². The molecule has 26 heavy (non-hydrogen) atoms. The summed E-state index contributed by atoms with van der Waals surface area (Å²) < 4.78 is 27.1. The number of anilines is 1. The molecule has 1 atom stereocenters. The van der Waals surface area contributed by atoms with Gasteiger partial charge in [-0.2, -0.15) is 4.31 Å². The molecule has 1 unspecified atom stereocenters. The molecule has 0 saturated carbocycles. The van der Waals surface area contributed by atoms with Crippen molar-refractivity contribution in [2.75, 3.05) is 18.4 Å². The quantitative estimate of drug-likeness (QED) is 0.785. The highest BCUT2D eigenvalue weighted by Crippen LogP contribution is 2.27. The van der Waals surface area contributed by atoms with Crippen LogP contribution in [-0.2, 0) is 21.2 Å². The van der Waals surface area contributed by atoms with Crippen LogP contribution in [0.2, 0.25) is 0 Å². The zero-order chi connectivity index (χ0) is 18.7. The van der Waals surface area contributed by atoms with E-state index in [1.165, 1.54) is 27.0 Å². The lowest BCUT2D eigenvalue weighted by Crippen LogP contribution is -2.43. The maximum absolute atomic E-state index is 12.7. The van der Waals surface area contributed by atoms with Crippen LogP contribution in [0.5, 0.6) is 0 Å². The summed E-state index contributed by atoms with van der Waals surface area (Å²) >= 11 is 2.57. The highest BCUT2D eigenvalue weighted by atomic mass is 32.2. The Morgan fingerprint density at radius 2 is 2.23 bits per heavy atom. The number of amides is 1. The van der Waals surface area contributed by atoms with Crippen LogP contribution in [0.4, 0.5) is 5.13 Å². The van der Waals surface area contributed by atoms with Gasteiger partial charge in [-0.15, -0.1) is 21.5 Å². The molecule has 1 aliphatic rings. The lowest BCUT2D eigenvalue weighted by molar-refractivity contribution is -0.120. The largest absolute Gasteiger partial charge is 0.300 e. The Balaban J connectivity index is 1.64. The summed E-state index contributed by atoms with van der Waals surface area (Å²) in [6.45, 7) is 4.85. The fourth-order valence-corrected chi connectivity index (χ4v) is 6.48. The molecule has 1 aliphatic heterocycles. The minimum Gasteiger partial charge on any atom is -0.300 e. The topological polar surface area (TPSA) is 92.3 Å². The van der Waals surface area contributed by atoms with Crippen molar-refractivity contribution in [3.63, 3.8) is 0 Å². The van der Waals surface area contributed by atoms with Gasteiger partial charge in [-0.25, -0.2) is 8.42 Å². The van der Waals surface area contributed by atoms with Crippen LogP contribution in [0.1, 0.15) is 31.7 Å². The van der Waals surface area contributed by atoms with Gasteiger partial charge in [0.05, 0.1) is 5.92 Å². The molecule has 1 saturated heterocycles. The molecule has 1 amide bonds. The zero-order valence-corrected chi connectivity index (χ0v) is 17.2. The third-order valence-corrected chi connectivity index (χ3v) is 8.22. The first-order valence-electron chi connectivity index (χ1n) is 8.53. The molecular weight excluding hydrogens is 392 g/mol. The van der Waals surface area contributed by atoms with Crippen molar-refractivity contribution in [2.24, 2.45) is 11.8 Å². The molecule has 3 heterocycles. The summed E-state index contributed by atoms with van der Waals surface area (Å²) in [4.78, 5) is 12.6. The number of rotatable bonds is 6. The van der Waals surface area contributed by atoms with E-state index >= 15 is 0 Å². The average molecular weight is 415 g/mol. The summed E-state index contributed by atoms with van der Waals surface area (Å²) in [5, 5.41) is 14.0. The molecule has 7 nitrogen and oxygen atoms in total. The van der Waals surface area contributed by atoms with E-state index in [9.17, 15) is 13.2 Å². The number of thiophene rings is 1. The molecule has 2 aromatic rings. The lowest BCUT2D eigenvalue weighted by Gasteiger charge is -2.30. The Bertz CT molecular complexity index is 846. The second-order valence-electron chi connectivity index (χ2n) is 6.72. The van der Waals surface area contributed by atoms with Crippen molar-refractivity contribution in [2.45, 2.75) is 37.3 Å². The van der Waals surface area contributed by atoms with Gasteiger partial charge in [0.15, 0.2) is 0 Å². The SMILES string of the molecule is CC(C)Cc1nnc(NC(=O)C2CCCN(S(=O)(=O)c3cccs3)C2)s1. The van der Waals surface area contributed by atoms with Crippen LogP contribution in [0.3, 0.4) is 0 Å². The minimum atomic E-state index is -3.52. The fourth-order valence-electron chi connectivity index (χ4n) is 2.86. The van der Waals surface area contributed by atoms with Gasteiger partial charge in [0.1, 0.15) is 9.22 Å². The third-order valence-electron chi connectivity index (χ3n) is 4.12. The van der Waals surface area contributed by atoms with Gasteiger partial charge in [-0.3, -0.25) is 4.79 Å². The van der Waals surface area contributed by atoms with E-state index in [1.807, 2.05) is 0 Å². The van der Waals surface area contributed by atoms with Crippen LogP contribution in [0, 0.1) is 11.8 Å². The summed E-state index contributed by atoms with van der Waals surface area (Å²) in [6, 6.07) is 3.32. The van der Waals surface area contributed by atoms with Crippen molar-refractivity contribution in [3.8, 4) is 0 Å². The first kappa shape index (κ1) is 19.4. The number of hydrogen-bond donors (Lipinski definition) is 1. The Morgan fingerprint density at radius 1 is 1.42 bits per heavy atom. The van der Waals surface area contributed by atoms with Gasteiger partial charge in [0.25, 0.3) is 10.0 Å². The number of hydrogen-bond acceptors (Lipinski definition) is 7. The number of aromatic nitrogens is 2. The molecule has 0 radical (unpaired) electrons. The number of piperidine rings is 1. The molecule has 0 spiro atoms. The minimum absolute atomic E-state index is 0.191. The highest BCUT2D eigenvalue weighted by molar-refractivity contribution is 7.91. The first-order chi connectivity index (χ1) is 12.4. The average Bonchev–Trinajstić information content (AvgIpc) is 3.27. The van der Waals surface area contributed by atoms with E-state index in [-0.39, 0.29) is 18.4 Å². The van der Waals surface area contributed by atoms with E-state index in [0.717, 1.165) is 11.4 Å². The van der Waals surface area contributed by atoms with Gasteiger partial charge < -0.3 is 5.32 Å². The number of nitrogens with one attached hydrogen (secondary N) is 1. The second kappa shape index (κ2) is 8.12. The number of sulfonamides is 1. The standard InChI is InChI=1S/C16H22N4O3S3/c1-11(2)9-13-18-19-16(25-13)17-15(21)12-5-3-7-20(10-12)26(22,23)14-6-4-8-24-14/h4,6,8,11-12H,3,5,7,9-10H2,1-2H3,(H,17,19,21). The van der Waals surface area contributed by atoms with Crippen LogP contribution in [0.25, 0.3) is 0 Å².